The second-order valence-electron chi connectivity index (χ2n) is 4.71. The van der Waals surface area contributed by atoms with Crippen LogP contribution in [-0.4, -0.2) is 21.2 Å². The summed E-state index contributed by atoms with van der Waals surface area (Å²) in [6.45, 7) is 1.72. The van der Waals surface area contributed by atoms with Gasteiger partial charge in [-0.1, -0.05) is 6.07 Å². The van der Waals surface area contributed by atoms with Gasteiger partial charge in [0.25, 0.3) is 0 Å². The molecule has 0 bridgehead atoms. The van der Waals surface area contributed by atoms with Gasteiger partial charge in [-0.3, -0.25) is 4.40 Å². The summed E-state index contributed by atoms with van der Waals surface area (Å²) in [6.07, 6.45) is 1.95. The van der Waals surface area contributed by atoms with Crippen LogP contribution in [0, 0.1) is 4.77 Å². The Hall–Kier alpha value is -1.02. The molecule has 0 radical (unpaired) electrons. The number of nitrogens with zero attached hydrogens (tertiary/aromatic N) is 3. The Labute approximate surface area is 134 Å². The highest BCUT2D eigenvalue weighted by Gasteiger charge is 2.10. The fourth-order valence-electron chi connectivity index (χ4n) is 2.13. The first kappa shape index (κ1) is 13.9. The first-order chi connectivity index (χ1) is 9.63. The van der Waals surface area contributed by atoms with Crippen molar-refractivity contribution in [1.29, 1.82) is 0 Å². The summed E-state index contributed by atoms with van der Waals surface area (Å²) in [5.74, 6) is 0. The molecule has 0 amide bonds. The zero-order valence-corrected chi connectivity index (χ0v) is 14.1. The zero-order chi connectivity index (χ0) is 14.1. The van der Waals surface area contributed by atoms with Crippen LogP contribution in [0.25, 0.3) is 5.65 Å². The minimum Gasteiger partial charge on any atom is -0.314 e. The van der Waals surface area contributed by atoms with E-state index >= 15 is 0 Å². The molecule has 3 heterocycles. The van der Waals surface area contributed by atoms with Crippen LogP contribution in [0.15, 0.2) is 40.3 Å². The molecular formula is C13H14BrN4S2+. The number of pyridine rings is 1. The van der Waals surface area contributed by atoms with Gasteiger partial charge in [-0.15, -0.1) is 16.4 Å². The van der Waals surface area contributed by atoms with Crippen LogP contribution >= 0.6 is 39.5 Å². The molecule has 0 spiro atoms. The van der Waals surface area contributed by atoms with Crippen LogP contribution in [0.3, 0.4) is 0 Å². The molecule has 1 atom stereocenters. The van der Waals surface area contributed by atoms with Crippen molar-refractivity contribution in [3.63, 3.8) is 0 Å². The van der Waals surface area contributed by atoms with Crippen molar-refractivity contribution in [1.82, 2.24) is 14.2 Å². The van der Waals surface area contributed by atoms with E-state index in [0.717, 1.165) is 23.6 Å². The molecule has 7 heteroatoms. The van der Waals surface area contributed by atoms with E-state index in [1.807, 2.05) is 33.5 Å². The van der Waals surface area contributed by atoms with Crippen LogP contribution in [0.5, 0.6) is 0 Å². The molecule has 1 N–H and O–H groups in total. The Morgan fingerprint density at radius 3 is 2.90 bits per heavy atom. The van der Waals surface area contributed by atoms with Gasteiger partial charge >= 0.3 is 0 Å². The van der Waals surface area contributed by atoms with E-state index in [0.29, 0.717) is 0 Å². The molecule has 0 saturated heterocycles. The van der Waals surface area contributed by atoms with Crippen LogP contribution in [0.1, 0.15) is 4.88 Å². The smallest absolute Gasteiger partial charge is 0.207 e. The lowest BCUT2D eigenvalue weighted by molar-refractivity contribution is -0.917. The fourth-order valence-corrected chi connectivity index (χ4v) is 3.98. The van der Waals surface area contributed by atoms with E-state index in [1.54, 1.807) is 11.3 Å². The lowest BCUT2D eigenvalue weighted by Crippen LogP contribution is -3.06. The average molecular weight is 370 g/mol. The minimum atomic E-state index is 0.743. The van der Waals surface area contributed by atoms with E-state index in [1.165, 1.54) is 13.6 Å². The summed E-state index contributed by atoms with van der Waals surface area (Å²) in [7, 11) is 2.15. The Bertz CT molecular complexity index is 789. The largest absolute Gasteiger partial charge is 0.314 e. The summed E-state index contributed by atoms with van der Waals surface area (Å²) in [4.78, 5) is 2.70. The van der Waals surface area contributed by atoms with E-state index in [2.05, 4.69) is 40.2 Å². The first-order valence-corrected chi connectivity index (χ1v) is 8.25. The molecule has 0 aliphatic carbocycles. The van der Waals surface area contributed by atoms with Crippen molar-refractivity contribution in [2.45, 2.75) is 13.2 Å². The summed E-state index contributed by atoms with van der Waals surface area (Å²) >= 11 is 10.7. The van der Waals surface area contributed by atoms with Crippen molar-refractivity contribution >= 4 is 45.1 Å². The van der Waals surface area contributed by atoms with Crippen LogP contribution < -0.4 is 4.90 Å². The van der Waals surface area contributed by atoms with E-state index in [9.17, 15) is 0 Å². The molecule has 0 aromatic carbocycles. The van der Waals surface area contributed by atoms with Gasteiger partial charge in [0, 0.05) is 6.20 Å². The van der Waals surface area contributed by atoms with Gasteiger partial charge in [-0.05, 0) is 52.4 Å². The number of quaternary nitrogens is 1. The number of hydrogen-bond acceptors (Lipinski definition) is 3. The highest BCUT2D eigenvalue weighted by molar-refractivity contribution is 9.11. The van der Waals surface area contributed by atoms with Crippen LogP contribution in [0.4, 0.5) is 0 Å². The van der Waals surface area contributed by atoms with E-state index < -0.39 is 0 Å². The Morgan fingerprint density at radius 1 is 1.35 bits per heavy atom. The second kappa shape index (κ2) is 5.77. The minimum absolute atomic E-state index is 0.743. The molecule has 1 unspecified atom stereocenters. The van der Waals surface area contributed by atoms with Gasteiger partial charge < -0.3 is 4.90 Å². The zero-order valence-electron chi connectivity index (χ0n) is 10.9. The van der Waals surface area contributed by atoms with Crippen molar-refractivity contribution < 1.29 is 4.90 Å². The van der Waals surface area contributed by atoms with Gasteiger partial charge in [0.15, 0.2) is 12.3 Å². The number of fused-ring (bicyclic) bond motifs is 1. The normalized spacial score (nSPS) is 12.9. The third kappa shape index (κ3) is 2.85. The topological polar surface area (TPSA) is 26.7 Å². The number of halogens is 1. The molecule has 4 nitrogen and oxygen atoms in total. The summed E-state index contributed by atoms with van der Waals surface area (Å²) in [6, 6.07) is 10.2. The first-order valence-electron chi connectivity index (χ1n) is 6.23. The number of thiophene rings is 1. The monoisotopic (exact) mass is 369 g/mol. The highest BCUT2D eigenvalue weighted by atomic mass is 79.9. The van der Waals surface area contributed by atoms with Crippen LogP contribution in [0.2, 0.25) is 0 Å². The molecule has 3 rings (SSSR count). The van der Waals surface area contributed by atoms with Crippen molar-refractivity contribution in [2.24, 2.45) is 0 Å². The van der Waals surface area contributed by atoms with Crippen molar-refractivity contribution in [3.05, 3.63) is 50.0 Å². The Kier molecular flexibility index (Phi) is 4.02. The number of rotatable bonds is 4. The third-order valence-electron chi connectivity index (χ3n) is 3.01. The molecule has 104 valence electrons. The van der Waals surface area contributed by atoms with Gasteiger partial charge in [0.2, 0.25) is 4.77 Å². The fraction of sp³-hybridized carbons (Fsp3) is 0.231. The molecule has 0 saturated carbocycles. The lowest BCUT2D eigenvalue weighted by atomic mass is 10.4. The number of nitrogens with one attached hydrogen (secondary N) is 1. The van der Waals surface area contributed by atoms with Crippen molar-refractivity contribution in [3.8, 4) is 0 Å². The molecule has 3 aromatic rings. The van der Waals surface area contributed by atoms with Crippen LogP contribution in [-0.2, 0) is 13.2 Å². The predicted molar refractivity (Wildman–Crippen MR) is 86.6 cm³/mol. The molecule has 0 fully saturated rings. The standard InChI is InChI=1S/C13H13BrN4S2/c1-16(8-10-5-6-11(14)20-10)9-18-13(19)17-7-3-2-4-12(17)15-18/h2-7H,8-9H2,1H3/p+1. The number of hydrogen-bond donors (Lipinski definition) is 1. The molecule has 0 aliphatic heterocycles. The van der Waals surface area contributed by atoms with Gasteiger partial charge in [-0.2, -0.15) is 4.68 Å². The average Bonchev–Trinajstić information content (AvgIpc) is 2.95. The molecule has 20 heavy (non-hydrogen) atoms. The SMILES string of the molecule is C[NH+](Cc1ccc(Br)s1)Cn1nc2ccccn2c1=S. The summed E-state index contributed by atoms with van der Waals surface area (Å²) < 4.78 is 5.74. The van der Waals surface area contributed by atoms with Gasteiger partial charge in [0.05, 0.1) is 15.7 Å². The Morgan fingerprint density at radius 2 is 2.20 bits per heavy atom. The molecule has 3 aromatic heterocycles. The van der Waals surface area contributed by atoms with E-state index in [-0.39, 0.29) is 0 Å². The highest BCUT2D eigenvalue weighted by Crippen LogP contribution is 2.21. The number of aromatic nitrogens is 3. The van der Waals surface area contributed by atoms with Crippen molar-refractivity contribution in [2.75, 3.05) is 7.05 Å². The lowest BCUT2D eigenvalue weighted by Gasteiger charge is -2.12. The Balaban J connectivity index is 1.79. The van der Waals surface area contributed by atoms with E-state index in [4.69, 9.17) is 12.2 Å². The molecular weight excluding hydrogens is 356 g/mol. The summed E-state index contributed by atoms with van der Waals surface area (Å²) in [5, 5.41) is 4.55. The third-order valence-corrected chi connectivity index (χ3v) is 5.04. The maximum atomic E-state index is 5.46. The summed E-state index contributed by atoms with van der Waals surface area (Å²) in [5.41, 5.74) is 0.893. The van der Waals surface area contributed by atoms with Gasteiger partial charge in [0.1, 0.15) is 6.54 Å². The quantitative estimate of drug-likeness (QED) is 0.714. The second-order valence-corrected chi connectivity index (χ2v) is 7.62. The maximum absolute atomic E-state index is 5.46. The maximum Gasteiger partial charge on any atom is 0.207 e. The van der Waals surface area contributed by atoms with Gasteiger partial charge in [-0.25, -0.2) is 0 Å². The molecule has 0 aliphatic rings. The predicted octanol–water partition coefficient (Wildman–Crippen LogP) is 2.36.